The number of rotatable bonds is 5. The van der Waals surface area contributed by atoms with Crippen molar-refractivity contribution in [3.63, 3.8) is 0 Å². The minimum absolute atomic E-state index is 0.101. The number of halogens is 2. The number of aromatic nitrogens is 3. The van der Waals surface area contributed by atoms with E-state index in [9.17, 15) is 0 Å². The van der Waals surface area contributed by atoms with Crippen molar-refractivity contribution in [2.75, 3.05) is 5.32 Å². The molecule has 84 valence electrons. The van der Waals surface area contributed by atoms with Crippen molar-refractivity contribution < 1.29 is 0 Å². The first-order chi connectivity index (χ1) is 7.13. The molecule has 0 saturated heterocycles. The maximum Gasteiger partial charge on any atom is 0.245 e. The quantitative estimate of drug-likeness (QED) is 0.870. The van der Waals surface area contributed by atoms with Crippen LogP contribution < -0.4 is 5.32 Å². The molecule has 0 amide bonds. The fourth-order valence-corrected chi connectivity index (χ4v) is 1.46. The van der Waals surface area contributed by atoms with Gasteiger partial charge in [0, 0.05) is 6.04 Å². The van der Waals surface area contributed by atoms with E-state index < -0.39 is 0 Å². The fourth-order valence-electron chi connectivity index (χ4n) is 1.20. The second-order valence-corrected chi connectivity index (χ2v) is 4.10. The Morgan fingerprint density at radius 3 is 2.73 bits per heavy atom. The van der Waals surface area contributed by atoms with Gasteiger partial charge >= 0.3 is 0 Å². The molecule has 0 aliphatic rings. The highest BCUT2D eigenvalue weighted by atomic mass is 35.5. The van der Waals surface area contributed by atoms with Crippen LogP contribution in [0.15, 0.2) is 0 Å². The van der Waals surface area contributed by atoms with E-state index in [-0.39, 0.29) is 10.4 Å². The second kappa shape index (κ2) is 6.08. The van der Waals surface area contributed by atoms with Crippen LogP contribution in [-0.2, 0) is 0 Å². The van der Waals surface area contributed by atoms with E-state index in [1.807, 2.05) is 0 Å². The van der Waals surface area contributed by atoms with Crippen LogP contribution in [0.5, 0.6) is 0 Å². The predicted octanol–water partition coefficient (Wildman–Crippen LogP) is 3.17. The summed E-state index contributed by atoms with van der Waals surface area (Å²) in [6.07, 6.45) is 3.40. The normalized spacial score (nSPS) is 12.5. The average molecular weight is 249 g/mol. The van der Waals surface area contributed by atoms with Crippen LogP contribution in [0.25, 0.3) is 0 Å². The number of hydrogen-bond donors (Lipinski definition) is 1. The average Bonchev–Trinajstić information content (AvgIpc) is 2.20. The molecule has 6 heteroatoms. The van der Waals surface area contributed by atoms with E-state index >= 15 is 0 Å². The van der Waals surface area contributed by atoms with E-state index in [2.05, 4.69) is 34.3 Å². The van der Waals surface area contributed by atoms with Crippen LogP contribution in [0.4, 0.5) is 5.82 Å². The zero-order valence-corrected chi connectivity index (χ0v) is 10.3. The molecule has 15 heavy (non-hydrogen) atoms. The van der Waals surface area contributed by atoms with Gasteiger partial charge < -0.3 is 5.32 Å². The third kappa shape index (κ3) is 4.18. The molecule has 1 heterocycles. The molecule has 0 spiro atoms. The molecular weight excluding hydrogens is 235 g/mol. The van der Waals surface area contributed by atoms with E-state index in [1.165, 1.54) is 6.42 Å². The van der Waals surface area contributed by atoms with Crippen LogP contribution in [0, 0.1) is 0 Å². The molecule has 1 aromatic rings. The summed E-state index contributed by atoms with van der Waals surface area (Å²) in [7, 11) is 0. The minimum Gasteiger partial charge on any atom is -0.365 e. The lowest BCUT2D eigenvalue weighted by atomic mass is 10.1. The fraction of sp³-hybridized carbons (Fsp3) is 0.667. The van der Waals surface area contributed by atoms with E-state index in [0.717, 1.165) is 12.8 Å². The largest absolute Gasteiger partial charge is 0.365 e. The molecular formula is C9H14Cl2N4. The van der Waals surface area contributed by atoms with Gasteiger partial charge in [0.25, 0.3) is 0 Å². The Kier molecular flexibility index (Phi) is 5.05. The van der Waals surface area contributed by atoms with Gasteiger partial charge in [-0.1, -0.05) is 31.4 Å². The molecule has 0 saturated carbocycles. The number of unbranched alkanes of at least 4 members (excludes halogenated alkanes) is 1. The smallest absolute Gasteiger partial charge is 0.245 e. The monoisotopic (exact) mass is 248 g/mol. The van der Waals surface area contributed by atoms with Gasteiger partial charge in [-0.15, -0.1) is 10.2 Å². The summed E-state index contributed by atoms with van der Waals surface area (Å²) in [6, 6.07) is 0.301. The first-order valence-electron chi connectivity index (χ1n) is 4.95. The van der Waals surface area contributed by atoms with E-state index in [0.29, 0.717) is 11.9 Å². The maximum atomic E-state index is 5.82. The van der Waals surface area contributed by atoms with Crippen molar-refractivity contribution >= 4 is 29.0 Å². The number of nitrogens with zero attached hydrogens (tertiary/aromatic N) is 3. The van der Waals surface area contributed by atoms with Gasteiger partial charge in [-0.25, -0.2) is 0 Å². The Balaban J connectivity index is 2.59. The molecule has 0 bridgehead atoms. The third-order valence-electron chi connectivity index (χ3n) is 1.99. The second-order valence-electron chi connectivity index (χ2n) is 3.41. The van der Waals surface area contributed by atoms with Crippen LogP contribution in [-0.4, -0.2) is 21.2 Å². The highest BCUT2D eigenvalue weighted by Crippen LogP contribution is 2.18. The highest BCUT2D eigenvalue weighted by molar-refractivity contribution is 6.32. The molecule has 1 unspecified atom stereocenters. The summed E-state index contributed by atoms with van der Waals surface area (Å²) in [6.45, 7) is 4.23. The lowest BCUT2D eigenvalue weighted by molar-refractivity contribution is 0.642. The summed E-state index contributed by atoms with van der Waals surface area (Å²) < 4.78 is 0. The zero-order chi connectivity index (χ0) is 11.3. The first-order valence-corrected chi connectivity index (χ1v) is 5.71. The Morgan fingerprint density at radius 2 is 2.07 bits per heavy atom. The van der Waals surface area contributed by atoms with E-state index in [1.54, 1.807) is 0 Å². The molecule has 1 rings (SSSR count). The van der Waals surface area contributed by atoms with Crippen LogP contribution in [0.2, 0.25) is 10.4 Å². The van der Waals surface area contributed by atoms with Gasteiger partial charge in [-0.05, 0) is 24.9 Å². The number of hydrogen-bond acceptors (Lipinski definition) is 4. The molecule has 0 fully saturated rings. The SMILES string of the molecule is CCCCC(C)Nc1nc(Cl)nnc1Cl. The Bertz CT molecular complexity index is 319. The van der Waals surface area contributed by atoms with Gasteiger partial charge in [0.05, 0.1) is 0 Å². The molecule has 1 atom stereocenters. The van der Waals surface area contributed by atoms with Crippen molar-refractivity contribution in [1.82, 2.24) is 15.2 Å². The summed E-state index contributed by atoms with van der Waals surface area (Å²) in [4.78, 5) is 3.97. The Morgan fingerprint density at radius 1 is 1.33 bits per heavy atom. The lowest BCUT2D eigenvalue weighted by Gasteiger charge is -2.13. The van der Waals surface area contributed by atoms with Gasteiger partial charge in [0.1, 0.15) is 0 Å². The van der Waals surface area contributed by atoms with Crippen molar-refractivity contribution in [3.8, 4) is 0 Å². The molecule has 4 nitrogen and oxygen atoms in total. The van der Waals surface area contributed by atoms with Crippen LogP contribution in [0.1, 0.15) is 33.1 Å². The number of nitrogens with one attached hydrogen (secondary N) is 1. The van der Waals surface area contributed by atoms with Gasteiger partial charge in [-0.2, -0.15) is 4.98 Å². The number of anilines is 1. The Hall–Kier alpha value is -0.610. The molecule has 1 aromatic heterocycles. The van der Waals surface area contributed by atoms with Crippen molar-refractivity contribution in [2.45, 2.75) is 39.2 Å². The zero-order valence-electron chi connectivity index (χ0n) is 8.80. The summed E-state index contributed by atoms with van der Waals surface area (Å²) in [5.41, 5.74) is 0. The van der Waals surface area contributed by atoms with Gasteiger partial charge in [-0.3, -0.25) is 0 Å². The molecule has 0 radical (unpaired) electrons. The van der Waals surface area contributed by atoms with Crippen LogP contribution >= 0.6 is 23.2 Å². The summed E-state index contributed by atoms with van der Waals surface area (Å²) in [5.74, 6) is 0.500. The molecule has 0 aromatic carbocycles. The van der Waals surface area contributed by atoms with Gasteiger partial charge in [0.2, 0.25) is 5.28 Å². The standard InChI is InChI=1S/C9H14Cl2N4/c1-3-4-5-6(2)12-8-7(10)14-15-9(11)13-8/h6H,3-5H2,1-2H3,(H,12,13,15). The molecule has 0 aliphatic carbocycles. The van der Waals surface area contributed by atoms with Crippen molar-refractivity contribution in [3.05, 3.63) is 10.4 Å². The third-order valence-corrected chi connectivity index (χ3v) is 2.41. The summed E-state index contributed by atoms with van der Waals surface area (Å²) in [5, 5.41) is 10.7. The first kappa shape index (κ1) is 12.5. The predicted molar refractivity (Wildman–Crippen MR) is 62.5 cm³/mol. The topological polar surface area (TPSA) is 50.7 Å². The minimum atomic E-state index is 0.101. The summed E-state index contributed by atoms with van der Waals surface area (Å²) >= 11 is 11.4. The van der Waals surface area contributed by atoms with Crippen LogP contribution in [0.3, 0.4) is 0 Å². The molecule has 1 N–H and O–H groups in total. The lowest BCUT2D eigenvalue weighted by Crippen LogP contribution is -2.16. The van der Waals surface area contributed by atoms with Crippen molar-refractivity contribution in [2.24, 2.45) is 0 Å². The van der Waals surface area contributed by atoms with E-state index in [4.69, 9.17) is 23.2 Å². The highest BCUT2D eigenvalue weighted by Gasteiger charge is 2.08. The van der Waals surface area contributed by atoms with Crippen molar-refractivity contribution in [1.29, 1.82) is 0 Å². The Labute approximate surface area is 99.4 Å². The maximum absolute atomic E-state index is 5.82. The molecule has 0 aliphatic heterocycles. The van der Waals surface area contributed by atoms with Gasteiger partial charge in [0.15, 0.2) is 11.0 Å².